The first-order valence-electron chi connectivity index (χ1n) is 22.9. The highest BCUT2D eigenvalue weighted by molar-refractivity contribution is 7.91. The Morgan fingerprint density at radius 1 is 1.00 bits per heavy atom. The summed E-state index contributed by atoms with van der Waals surface area (Å²) in [5.41, 5.74) is -0.212. The third-order valence-electron chi connectivity index (χ3n) is 14.0. The second-order valence-corrected chi connectivity index (χ2v) is 20.8. The highest BCUT2D eigenvalue weighted by Gasteiger charge is 2.63. The number of para-hydroxylation sites is 1. The largest absolute Gasteiger partial charge is 0.491 e. The molecular formula is C46H60N6O10S. The van der Waals surface area contributed by atoms with Gasteiger partial charge in [0, 0.05) is 37.4 Å². The zero-order valence-electron chi connectivity index (χ0n) is 36.1. The first-order valence-corrected chi connectivity index (χ1v) is 24.4. The predicted octanol–water partition coefficient (Wildman–Crippen LogP) is 4.37. The van der Waals surface area contributed by atoms with Crippen LogP contribution in [0.1, 0.15) is 96.0 Å². The number of hydrogen-bond donors (Lipinski definition) is 3. The van der Waals surface area contributed by atoms with Crippen molar-refractivity contribution in [3.8, 4) is 11.6 Å². The molecule has 2 saturated heterocycles. The SMILES string of the molecule is CC1(S(=O)(=O)NC(=O)[C@@]23C[C@@H]2/C=C\CCCCC[C@@H]2NC(=O)O[C@@H]4C[C@H]4CCC/C=C/c4c(nc5ccccc5c4OCCN4CCOCC4)O[C@@H]4C[C@@H](C(=O)N3)N(C4)C2=O)CC1. The molecular weight excluding hydrogens is 829 g/mol. The van der Waals surface area contributed by atoms with Crippen LogP contribution in [0.15, 0.2) is 42.5 Å². The maximum atomic E-state index is 14.8. The molecule has 63 heavy (non-hydrogen) atoms. The molecule has 3 bridgehead atoms. The Kier molecular flexibility index (Phi) is 12.5. The number of nitrogens with zero attached hydrogens (tertiary/aromatic N) is 3. The summed E-state index contributed by atoms with van der Waals surface area (Å²) in [4.78, 5) is 65.7. The van der Waals surface area contributed by atoms with Crippen molar-refractivity contribution in [3.63, 3.8) is 0 Å². The maximum absolute atomic E-state index is 14.8. The van der Waals surface area contributed by atoms with Crippen molar-refractivity contribution in [1.82, 2.24) is 30.1 Å². The number of sulfonamides is 1. The van der Waals surface area contributed by atoms with Gasteiger partial charge in [0.1, 0.15) is 42.2 Å². The van der Waals surface area contributed by atoms with E-state index in [4.69, 9.17) is 23.9 Å². The van der Waals surface area contributed by atoms with E-state index in [1.165, 1.54) is 4.90 Å². The molecule has 4 aliphatic heterocycles. The van der Waals surface area contributed by atoms with E-state index in [-0.39, 0.29) is 31.4 Å². The zero-order valence-corrected chi connectivity index (χ0v) is 36.9. The van der Waals surface area contributed by atoms with Crippen LogP contribution in [0.4, 0.5) is 4.79 Å². The minimum Gasteiger partial charge on any atom is -0.491 e. The standard InChI is InChI=1S/C46H60N6O10S/c1-45(18-19-45)63(57,58)50-43(55)46-28-31(46)13-7-3-2-4-9-17-36-42(54)52-29-32(27-37(52)40(53)49-46)61-41-34(15-8-5-6-12-30-26-38(30)62-44(56)48-36)39(33-14-10-11-16-35(33)47-41)60-25-22-51-20-23-59-24-21-51/h7-8,10-11,13-16,30-32,36-38H,2-6,9,12,17-29H2,1H3,(H,48,56)(H,49,53)(H,50,55)/b13-7-,15-8+/t30-,31+,32-,36+,37+,38-,46-/m1/s1. The monoisotopic (exact) mass is 888 g/mol. The number of fused-ring (bicyclic) bond motifs is 6. The van der Waals surface area contributed by atoms with Crippen LogP contribution in [0.3, 0.4) is 0 Å². The van der Waals surface area contributed by atoms with Gasteiger partial charge in [-0.05, 0) is 95.3 Å². The molecule has 5 fully saturated rings. The molecule has 1 aromatic carbocycles. The Morgan fingerprint density at radius 3 is 2.63 bits per heavy atom. The van der Waals surface area contributed by atoms with Crippen molar-refractivity contribution in [2.24, 2.45) is 11.8 Å². The number of morpholine rings is 1. The van der Waals surface area contributed by atoms with Gasteiger partial charge in [0.2, 0.25) is 27.7 Å². The van der Waals surface area contributed by atoms with Gasteiger partial charge in [0.15, 0.2) is 0 Å². The van der Waals surface area contributed by atoms with Crippen molar-refractivity contribution < 1.29 is 46.5 Å². The molecule has 4 amide bonds. The summed E-state index contributed by atoms with van der Waals surface area (Å²) in [6.07, 6.45) is 13.9. The smallest absolute Gasteiger partial charge is 0.408 e. The first-order chi connectivity index (χ1) is 30.4. The number of aromatic nitrogens is 1. The van der Waals surface area contributed by atoms with Crippen LogP contribution >= 0.6 is 0 Å². The van der Waals surface area contributed by atoms with E-state index in [1.54, 1.807) is 6.92 Å². The average Bonchev–Trinajstić information content (AvgIpc) is 4.23. The summed E-state index contributed by atoms with van der Waals surface area (Å²) >= 11 is 0. The highest BCUT2D eigenvalue weighted by atomic mass is 32.2. The third-order valence-corrected chi connectivity index (χ3v) is 16.2. The van der Waals surface area contributed by atoms with Gasteiger partial charge in [-0.3, -0.25) is 24.0 Å². The molecule has 7 aliphatic rings. The van der Waals surface area contributed by atoms with Gasteiger partial charge in [-0.25, -0.2) is 18.2 Å². The molecule has 17 heteroatoms. The highest BCUT2D eigenvalue weighted by Crippen LogP contribution is 2.48. The summed E-state index contributed by atoms with van der Waals surface area (Å²) in [5.74, 6) is -1.15. The lowest BCUT2D eigenvalue weighted by Crippen LogP contribution is -2.58. The van der Waals surface area contributed by atoms with Crippen molar-refractivity contribution in [3.05, 3.63) is 48.1 Å². The summed E-state index contributed by atoms with van der Waals surface area (Å²) in [7, 11) is -4.01. The number of amides is 4. The Morgan fingerprint density at radius 2 is 1.81 bits per heavy atom. The van der Waals surface area contributed by atoms with E-state index in [9.17, 15) is 27.6 Å². The van der Waals surface area contributed by atoms with E-state index in [2.05, 4.69) is 26.3 Å². The van der Waals surface area contributed by atoms with E-state index in [0.29, 0.717) is 81.2 Å². The maximum Gasteiger partial charge on any atom is 0.408 e. The molecule has 0 spiro atoms. The van der Waals surface area contributed by atoms with E-state index in [1.807, 2.05) is 42.5 Å². The van der Waals surface area contributed by atoms with Gasteiger partial charge < -0.3 is 34.5 Å². The van der Waals surface area contributed by atoms with Crippen molar-refractivity contribution >= 4 is 50.8 Å². The lowest BCUT2D eigenvalue weighted by Gasteiger charge is -2.30. The molecule has 3 aliphatic carbocycles. The minimum absolute atomic E-state index is 0.0189. The van der Waals surface area contributed by atoms with Crippen LogP contribution in [-0.2, 0) is 33.9 Å². The number of pyridine rings is 1. The second-order valence-electron chi connectivity index (χ2n) is 18.7. The van der Waals surface area contributed by atoms with Gasteiger partial charge in [-0.2, -0.15) is 0 Å². The third kappa shape index (κ3) is 9.56. The van der Waals surface area contributed by atoms with Gasteiger partial charge in [0.25, 0.3) is 5.91 Å². The fraction of sp³-hybridized carbons (Fsp3) is 0.630. The summed E-state index contributed by atoms with van der Waals surface area (Å²) in [6.45, 7) is 5.72. The summed E-state index contributed by atoms with van der Waals surface area (Å²) in [5, 5.41) is 6.63. The fourth-order valence-electron chi connectivity index (χ4n) is 9.45. The average molecular weight is 889 g/mol. The van der Waals surface area contributed by atoms with E-state index < -0.39 is 68.2 Å². The quantitative estimate of drug-likeness (QED) is 0.333. The fourth-order valence-corrected chi connectivity index (χ4v) is 10.8. The molecule has 3 N–H and O–H groups in total. The molecule has 340 valence electrons. The molecule has 5 heterocycles. The van der Waals surface area contributed by atoms with Gasteiger partial charge in [-0.1, -0.05) is 43.2 Å². The van der Waals surface area contributed by atoms with Gasteiger partial charge in [-0.15, -0.1) is 0 Å². The number of alkyl carbamates (subject to hydrolysis) is 1. The molecule has 7 atom stereocenters. The molecule has 0 radical (unpaired) electrons. The molecule has 3 saturated carbocycles. The summed E-state index contributed by atoms with van der Waals surface area (Å²) < 4.78 is 52.7. The normalized spacial score (nSPS) is 32.3. The number of carbonyl (C=O) groups is 4. The molecule has 1 aromatic heterocycles. The Hall–Kier alpha value is -4.74. The van der Waals surface area contributed by atoms with Crippen LogP contribution in [-0.4, -0.2) is 128 Å². The van der Waals surface area contributed by atoms with E-state index >= 15 is 0 Å². The van der Waals surface area contributed by atoms with Gasteiger partial charge >= 0.3 is 6.09 Å². The van der Waals surface area contributed by atoms with Crippen LogP contribution in [0.25, 0.3) is 17.0 Å². The molecule has 0 unspecified atom stereocenters. The van der Waals surface area contributed by atoms with Crippen molar-refractivity contribution in [1.29, 1.82) is 0 Å². The van der Waals surface area contributed by atoms with Crippen molar-refractivity contribution in [2.45, 2.75) is 125 Å². The van der Waals surface area contributed by atoms with Crippen LogP contribution in [0.5, 0.6) is 11.6 Å². The van der Waals surface area contributed by atoms with Crippen LogP contribution in [0, 0.1) is 11.8 Å². The zero-order chi connectivity index (χ0) is 43.8. The van der Waals surface area contributed by atoms with Crippen LogP contribution in [0.2, 0.25) is 0 Å². The number of hydrogen-bond acceptors (Lipinski definition) is 12. The van der Waals surface area contributed by atoms with Crippen molar-refractivity contribution in [2.75, 3.05) is 46.0 Å². The first kappa shape index (κ1) is 43.5. The number of nitrogens with one attached hydrogen (secondary N) is 3. The lowest BCUT2D eigenvalue weighted by atomic mass is 10.0. The minimum atomic E-state index is -4.01. The Balaban J connectivity index is 1.06. The summed E-state index contributed by atoms with van der Waals surface area (Å²) in [6, 6.07) is 5.61. The number of allylic oxidation sites excluding steroid dienone is 2. The number of ether oxygens (including phenoxy) is 4. The number of benzene rings is 1. The molecule has 9 rings (SSSR count). The lowest BCUT2D eigenvalue weighted by molar-refractivity contribution is -0.141. The second kappa shape index (κ2) is 18.0. The number of carbonyl (C=O) groups excluding carboxylic acids is 4. The predicted molar refractivity (Wildman–Crippen MR) is 233 cm³/mol. The van der Waals surface area contributed by atoms with Crippen LogP contribution < -0.4 is 24.8 Å². The van der Waals surface area contributed by atoms with Gasteiger partial charge in [0.05, 0.1) is 35.6 Å². The Labute approximate surface area is 368 Å². The number of rotatable bonds is 7. The molecule has 2 aromatic rings. The topological polar surface area (TPSA) is 195 Å². The Bertz CT molecular complexity index is 2260. The molecule has 16 nitrogen and oxygen atoms in total. The van der Waals surface area contributed by atoms with E-state index in [0.717, 1.165) is 57.0 Å².